The highest BCUT2D eigenvalue weighted by molar-refractivity contribution is 6.09. The number of nitrogens with one attached hydrogen (secondary N) is 1. The Hall–Kier alpha value is -2.62. The van der Waals surface area contributed by atoms with E-state index in [1.807, 2.05) is 69.3 Å². The summed E-state index contributed by atoms with van der Waals surface area (Å²) in [6, 6.07) is 15.2. The number of anilines is 2. The van der Waals surface area contributed by atoms with Gasteiger partial charge in [0.15, 0.2) is 0 Å². The lowest BCUT2D eigenvalue weighted by molar-refractivity contribution is -0.125. The van der Waals surface area contributed by atoms with Crippen molar-refractivity contribution < 1.29 is 9.59 Å². The third-order valence-corrected chi connectivity index (χ3v) is 3.50. The fraction of sp³-hybridized carbons (Fsp3) is 0.263. The predicted molar refractivity (Wildman–Crippen MR) is 93.6 cm³/mol. The molecule has 0 aliphatic carbocycles. The lowest BCUT2D eigenvalue weighted by Gasteiger charge is -2.20. The summed E-state index contributed by atoms with van der Waals surface area (Å²) in [5.74, 6) is -0.505. The monoisotopic (exact) mass is 310 g/mol. The van der Waals surface area contributed by atoms with Crippen LogP contribution in [-0.2, 0) is 9.59 Å². The molecule has 0 atom stereocenters. The Kier molecular flexibility index (Phi) is 5.52. The molecule has 0 bridgehead atoms. The van der Waals surface area contributed by atoms with Crippen LogP contribution in [-0.4, -0.2) is 18.4 Å². The maximum absolute atomic E-state index is 12.4. The average Bonchev–Trinajstić information content (AvgIpc) is 2.47. The molecule has 0 aliphatic rings. The summed E-state index contributed by atoms with van der Waals surface area (Å²) >= 11 is 0. The second-order valence-corrected chi connectivity index (χ2v) is 5.57. The minimum Gasteiger partial charge on any atom is -0.326 e. The summed E-state index contributed by atoms with van der Waals surface area (Å²) in [6.45, 7) is 6.37. The first-order valence-corrected chi connectivity index (χ1v) is 7.73. The molecule has 0 spiro atoms. The van der Waals surface area contributed by atoms with Crippen molar-refractivity contribution in [3.63, 3.8) is 0 Å². The van der Waals surface area contributed by atoms with Crippen LogP contribution in [0, 0.1) is 13.8 Å². The molecule has 0 aliphatic heterocycles. The minimum atomic E-state index is -0.297. The van der Waals surface area contributed by atoms with Gasteiger partial charge in [0.2, 0.25) is 11.8 Å². The van der Waals surface area contributed by atoms with Crippen molar-refractivity contribution in [2.24, 2.45) is 0 Å². The summed E-state index contributed by atoms with van der Waals surface area (Å²) < 4.78 is 0. The number of carbonyl (C=O) groups is 2. The van der Waals surface area contributed by atoms with Gasteiger partial charge in [0, 0.05) is 17.9 Å². The van der Waals surface area contributed by atoms with E-state index in [2.05, 4.69) is 5.32 Å². The molecule has 0 aromatic heterocycles. The van der Waals surface area contributed by atoms with E-state index in [-0.39, 0.29) is 18.2 Å². The first-order chi connectivity index (χ1) is 11.0. The van der Waals surface area contributed by atoms with E-state index in [4.69, 9.17) is 0 Å². The van der Waals surface area contributed by atoms with Gasteiger partial charge < -0.3 is 10.2 Å². The van der Waals surface area contributed by atoms with Crippen LogP contribution in [0.3, 0.4) is 0 Å². The topological polar surface area (TPSA) is 49.4 Å². The molecule has 4 heteroatoms. The molecule has 0 radical (unpaired) electrons. The van der Waals surface area contributed by atoms with Crippen molar-refractivity contribution in [3.05, 3.63) is 59.7 Å². The first kappa shape index (κ1) is 16.7. The minimum absolute atomic E-state index is 0.171. The molecule has 0 heterocycles. The van der Waals surface area contributed by atoms with Gasteiger partial charge in [0.05, 0.1) is 0 Å². The van der Waals surface area contributed by atoms with Crippen molar-refractivity contribution >= 4 is 23.2 Å². The van der Waals surface area contributed by atoms with Crippen LogP contribution in [0.4, 0.5) is 11.4 Å². The van der Waals surface area contributed by atoms with Crippen molar-refractivity contribution in [1.82, 2.24) is 0 Å². The van der Waals surface area contributed by atoms with Crippen LogP contribution in [0.2, 0.25) is 0 Å². The van der Waals surface area contributed by atoms with E-state index in [9.17, 15) is 9.59 Å². The Morgan fingerprint density at radius 3 is 2.17 bits per heavy atom. The van der Waals surface area contributed by atoms with Gasteiger partial charge in [-0.15, -0.1) is 0 Å². The summed E-state index contributed by atoms with van der Waals surface area (Å²) in [5, 5.41) is 2.80. The van der Waals surface area contributed by atoms with Crippen LogP contribution in [0.25, 0.3) is 0 Å². The third-order valence-electron chi connectivity index (χ3n) is 3.50. The van der Waals surface area contributed by atoms with Gasteiger partial charge in [0.25, 0.3) is 0 Å². The number of rotatable bonds is 5. The molecule has 0 saturated carbocycles. The highest BCUT2D eigenvalue weighted by atomic mass is 16.2. The average molecular weight is 310 g/mol. The molecule has 0 fully saturated rings. The van der Waals surface area contributed by atoms with E-state index in [0.29, 0.717) is 6.54 Å². The van der Waals surface area contributed by atoms with Crippen LogP contribution >= 0.6 is 0 Å². The molecule has 23 heavy (non-hydrogen) atoms. The molecule has 1 N–H and O–H groups in total. The van der Waals surface area contributed by atoms with Gasteiger partial charge >= 0.3 is 0 Å². The molecule has 2 rings (SSSR count). The van der Waals surface area contributed by atoms with Gasteiger partial charge in [0.1, 0.15) is 6.42 Å². The lowest BCUT2D eigenvalue weighted by atomic mass is 10.1. The van der Waals surface area contributed by atoms with E-state index >= 15 is 0 Å². The number of nitrogens with zero attached hydrogens (tertiary/aromatic N) is 1. The molecular weight excluding hydrogens is 288 g/mol. The fourth-order valence-corrected chi connectivity index (χ4v) is 2.60. The zero-order valence-corrected chi connectivity index (χ0v) is 13.8. The number of para-hydroxylation sites is 1. The SMILES string of the molecule is CCN(C(=O)CC(=O)Nc1cc(C)cc(C)c1)c1ccccc1. The van der Waals surface area contributed by atoms with E-state index in [0.717, 1.165) is 22.5 Å². The van der Waals surface area contributed by atoms with Gasteiger partial charge in [-0.05, 0) is 56.2 Å². The van der Waals surface area contributed by atoms with E-state index < -0.39 is 0 Å². The summed E-state index contributed by atoms with van der Waals surface area (Å²) in [7, 11) is 0. The van der Waals surface area contributed by atoms with Crippen LogP contribution in [0.5, 0.6) is 0 Å². The Balaban J connectivity index is 2.02. The zero-order valence-electron chi connectivity index (χ0n) is 13.8. The number of hydrogen-bond acceptors (Lipinski definition) is 2. The second-order valence-electron chi connectivity index (χ2n) is 5.57. The number of amides is 2. The predicted octanol–water partition coefficient (Wildman–Crippen LogP) is 3.69. The van der Waals surface area contributed by atoms with E-state index in [1.54, 1.807) is 4.90 Å². The van der Waals surface area contributed by atoms with Crippen molar-refractivity contribution in [2.45, 2.75) is 27.2 Å². The van der Waals surface area contributed by atoms with Gasteiger partial charge in [-0.3, -0.25) is 9.59 Å². The maximum atomic E-state index is 12.4. The number of aryl methyl sites for hydroxylation is 2. The van der Waals surface area contributed by atoms with Crippen LogP contribution < -0.4 is 10.2 Å². The Morgan fingerprint density at radius 1 is 1.00 bits per heavy atom. The highest BCUT2D eigenvalue weighted by Gasteiger charge is 2.17. The van der Waals surface area contributed by atoms with Crippen molar-refractivity contribution in [2.75, 3.05) is 16.8 Å². The highest BCUT2D eigenvalue weighted by Crippen LogP contribution is 2.16. The summed E-state index contributed by atoms with van der Waals surface area (Å²) in [5.41, 5.74) is 3.68. The van der Waals surface area contributed by atoms with Crippen molar-refractivity contribution in [1.29, 1.82) is 0 Å². The summed E-state index contributed by atoms with van der Waals surface area (Å²) in [6.07, 6.45) is -0.171. The number of hydrogen-bond donors (Lipinski definition) is 1. The maximum Gasteiger partial charge on any atom is 0.236 e. The number of benzene rings is 2. The van der Waals surface area contributed by atoms with E-state index in [1.165, 1.54) is 0 Å². The third kappa shape index (κ3) is 4.68. The smallest absolute Gasteiger partial charge is 0.236 e. The second kappa shape index (κ2) is 7.58. The van der Waals surface area contributed by atoms with Crippen LogP contribution in [0.15, 0.2) is 48.5 Å². The lowest BCUT2D eigenvalue weighted by Crippen LogP contribution is -2.33. The molecule has 0 saturated heterocycles. The Bertz CT molecular complexity index is 676. The molecular formula is C19H22N2O2. The molecule has 120 valence electrons. The first-order valence-electron chi connectivity index (χ1n) is 7.73. The van der Waals surface area contributed by atoms with Crippen molar-refractivity contribution in [3.8, 4) is 0 Å². The quantitative estimate of drug-likeness (QED) is 0.856. The Morgan fingerprint density at radius 2 is 1.61 bits per heavy atom. The largest absolute Gasteiger partial charge is 0.326 e. The molecule has 2 amide bonds. The van der Waals surface area contributed by atoms with Gasteiger partial charge in [-0.2, -0.15) is 0 Å². The fourth-order valence-electron chi connectivity index (χ4n) is 2.60. The normalized spacial score (nSPS) is 10.2. The number of carbonyl (C=O) groups excluding carboxylic acids is 2. The molecule has 4 nitrogen and oxygen atoms in total. The zero-order chi connectivity index (χ0) is 16.8. The van der Waals surface area contributed by atoms with Crippen LogP contribution in [0.1, 0.15) is 24.5 Å². The molecule has 2 aromatic carbocycles. The van der Waals surface area contributed by atoms with Gasteiger partial charge in [-0.25, -0.2) is 0 Å². The standard InChI is InChI=1S/C19H22N2O2/c1-4-21(17-8-6-5-7-9-17)19(23)13-18(22)20-16-11-14(2)10-15(3)12-16/h5-12H,4,13H2,1-3H3,(H,20,22). The summed E-state index contributed by atoms with van der Waals surface area (Å²) in [4.78, 5) is 26.1. The Labute approximate surface area is 137 Å². The molecule has 2 aromatic rings. The van der Waals surface area contributed by atoms with Gasteiger partial charge in [-0.1, -0.05) is 24.3 Å². The molecule has 0 unspecified atom stereocenters.